The van der Waals surface area contributed by atoms with Crippen molar-refractivity contribution in [2.45, 2.75) is 33.4 Å². The average Bonchev–Trinajstić information content (AvgIpc) is 2.51. The second-order valence-corrected chi connectivity index (χ2v) is 4.55. The number of hydrogen-bond donors (Lipinski definition) is 1. The molecule has 0 saturated heterocycles. The maximum absolute atomic E-state index is 5.61. The summed E-state index contributed by atoms with van der Waals surface area (Å²) in [7, 11) is 0. The Morgan fingerprint density at radius 1 is 1.53 bits per heavy atom. The first-order valence-corrected chi connectivity index (χ1v) is 6.51. The van der Waals surface area contributed by atoms with E-state index in [0.29, 0.717) is 5.88 Å². The maximum atomic E-state index is 5.61. The summed E-state index contributed by atoms with van der Waals surface area (Å²) in [5.74, 6) is 0.709. The van der Waals surface area contributed by atoms with Gasteiger partial charge in [-0.2, -0.15) is 5.10 Å². The molecule has 3 nitrogen and oxygen atoms in total. The molecule has 1 aromatic rings. The van der Waals surface area contributed by atoms with Gasteiger partial charge in [0.25, 0.3) is 0 Å². The fourth-order valence-corrected chi connectivity index (χ4v) is 1.99. The molecule has 15 heavy (non-hydrogen) atoms. The second-order valence-electron chi connectivity index (χ2n) is 3.38. The molecule has 86 valence electrons. The Morgan fingerprint density at radius 3 is 2.87 bits per heavy atom. The van der Waals surface area contributed by atoms with Crippen molar-refractivity contribution in [3.05, 3.63) is 15.9 Å². The van der Waals surface area contributed by atoms with Crippen molar-refractivity contribution in [3.63, 3.8) is 0 Å². The highest BCUT2D eigenvalue weighted by atomic mass is 79.9. The van der Waals surface area contributed by atoms with Gasteiger partial charge in [-0.05, 0) is 42.7 Å². The van der Waals surface area contributed by atoms with Crippen LogP contribution >= 0.6 is 27.5 Å². The molecular formula is C10H17BrClN3. The summed E-state index contributed by atoms with van der Waals surface area (Å²) in [4.78, 5) is 0. The molecule has 0 bridgehead atoms. The normalized spacial score (nSPS) is 10.9. The molecule has 0 aliphatic carbocycles. The Kier molecular flexibility index (Phi) is 5.64. The lowest BCUT2D eigenvalue weighted by Crippen LogP contribution is -2.18. The fraction of sp³-hybridized carbons (Fsp3) is 0.700. The Bertz CT molecular complexity index is 312. The molecule has 1 N–H and O–H groups in total. The maximum Gasteiger partial charge on any atom is 0.0739 e. The summed E-state index contributed by atoms with van der Waals surface area (Å²) in [5, 5.41) is 7.79. The molecule has 0 fully saturated rings. The highest BCUT2D eigenvalue weighted by molar-refractivity contribution is 9.10. The molecule has 0 spiro atoms. The summed E-state index contributed by atoms with van der Waals surface area (Å²) in [6, 6.07) is 0. The van der Waals surface area contributed by atoms with E-state index in [0.717, 1.165) is 36.2 Å². The Balaban J connectivity index is 2.58. The minimum Gasteiger partial charge on any atom is -0.311 e. The van der Waals surface area contributed by atoms with E-state index in [2.05, 4.69) is 33.3 Å². The van der Waals surface area contributed by atoms with Crippen molar-refractivity contribution in [1.29, 1.82) is 0 Å². The van der Waals surface area contributed by atoms with Gasteiger partial charge in [0.2, 0.25) is 0 Å². The van der Waals surface area contributed by atoms with Crippen molar-refractivity contribution in [1.82, 2.24) is 15.1 Å². The van der Waals surface area contributed by atoms with Crippen LogP contribution in [0.15, 0.2) is 4.47 Å². The zero-order chi connectivity index (χ0) is 11.3. The lowest BCUT2D eigenvalue weighted by atomic mass is 10.3. The van der Waals surface area contributed by atoms with Crippen LogP contribution in [-0.2, 0) is 13.1 Å². The third-order valence-electron chi connectivity index (χ3n) is 2.23. The summed E-state index contributed by atoms with van der Waals surface area (Å²) in [6.45, 7) is 6.80. The number of rotatable bonds is 6. The van der Waals surface area contributed by atoms with Crippen molar-refractivity contribution in [2.75, 3.05) is 12.4 Å². The van der Waals surface area contributed by atoms with E-state index in [1.54, 1.807) is 0 Å². The topological polar surface area (TPSA) is 29.9 Å². The fourth-order valence-electron chi connectivity index (χ4n) is 1.44. The van der Waals surface area contributed by atoms with Crippen molar-refractivity contribution >= 4 is 27.5 Å². The molecule has 0 aliphatic rings. The molecule has 5 heteroatoms. The quantitative estimate of drug-likeness (QED) is 0.646. The van der Waals surface area contributed by atoms with Crippen LogP contribution in [0.3, 0.4) is 0 Å². The summed E-state index contributed by atoms with van der Waals surface area (Å²) in [6.07, 6.45) is 0.998. The van der Waals surface area contributed by atoms with Crippen LogP contribution in [-0.4, -0.2) is 22.2 Å². The molecule has 0 radical (unpaired) electrons. The van der Waals surface area contributed by atoms with E-state index in [-0.39, 0.29) is 0 Å². The Morgan fingerprint density at radius 2 is 2.27 bits per heavy atom. The van der Waals surface area contributed by atoms with Crippen molar-refractivity contribution < 1.29 is 0 Å². The summed E-state index contributed by atoms with van der Waals surface area (Å²) >= 11 is 9.17. The predicted octanol–water partition coefficient (Wildman–Crippen LogP) is 2.69. The molecule has 0 unspecified atom stereocenters. The smallest absolute Gasteiger partial charge is 0.0739 e. The van der Waals surface area contributed by atoms with Gasteiger partial charge in [0.15, 0.2) is 0 Å². The Labute approximate surface area is 104 Å². The van der Waals surface area contributed by atoms with Crippen LogP contribution < -0.4 is 5.32 Å². The third-order valence-corrected chi connectivity index (χ3v) is 3.53. The lowest BCUT2D eigenvalue weighted by Gasteiger charge is -2.06. The second kappa shape index (κ2) is 6.51. The van der Waals surface area contributed by atoms with E-state index >= 15 is 0 Å². The molecule has 1 aromatic heterocycles. The number of hydrogen-bond acceptors (Lipinski definition) is 2. The summed E-state index contributed by atoms with van der Waals surface area (Å²) < 4.78 is 3.13. The minimum absolute atomic E-state index is 0.709. The van der Waals surface area contributed by atoms with Gasteiger partial charge in [0.1, 0.15) is 0 Å². The average molecular weight is 295 g/mol. The molecule has 0 aliphatic heterocycles. The van der Waals surface area contributed by atoms with Crippen LogP contribution in [0, 0.1) is 6.92 Å². The number of aromatic nitrogens is 2. The van der Waals surface area contributed by atoms with Crippen molar-refractivity contribution in [2.24, 2.45) is 0 Å². The monoisotopic (exact) mass is 293 g/mol. The van der Waals surface area contributed by atoms with Gasteiger partial charge < -0.3 is 5.32 Å². The van der Waals surface area contributed by atoms with Gasteiger partial charge in [-0.15, -0.1) is 11.6 Å². The van der Waals surface area contributed by atoms with Crippen LogP contribution in [0.4, 0.5) is 0 Å². The summed E-state index contributed by atoms with van der Waals surface area (Å²) in [5.41, 5.74) is 2.26. The number of alkyl halides is 1. The van der Waals surface area contributed by atoms with Gasteiger partial charge in [-0.3, -0.25) is 4.68 Å². The van der Waals surface area contributed by atoms with E-state index < -0.39 is 0 Å². The third kappa shape index (κ3) is 3.47. The highest BCUT2D eigenvalue weighted by Gasteiger charge is 2.10. The lowest BCUT2D eigenvalue weighted by molar-refractivity contribution is 0.577. The molecule has 0 atom stereocenters. The molecule has 1 heterocycles. The first-order chi connectivity index (χ1) is 7.20. The van der Waals surface area contributed by atoms with Gasteiger partial charge in [-0.1, -0.05) is 0 Å². The van der Waals surface area contributed by atoms with Crippen molar-refractivity contribution in [3.8, 4) is 0 Å². The highest BCUT2D eigenvalue weighted by Crippen LogP contribution is 2.20. The van der Waals surface area contributed by atoms with E-state index in [9.17, 15) is 0 Å². The van der Waals surface area contributed by atoms with Crippen LogP contribution in [0.2, 0.25) is 0 Å². The predicted molar refractivity (Wildman–Crippen MR) is 67.4 cm³/mol. The van der Waals surface area contributed by atoms with Gasteiger partial charge in [-0.25, -0.2) is 0 Å². The largest absolute Gasteiger partial charge is 0.311 e. The van der Waals surface area contributed by atoms with Crippen LogP contribution in [0.25, 0.3) is 0 Å². The number of nitrogens with zero attached hydrogens (tertiary/aromatic N) is 2. The zero-order valence-corrected chi connectivity index (χ0v) is 11.5. The first kappa shape index (κ1) is 13.0. The van der Waals surface area contributed by atoms with E-state index in [1.165, 1.54) is 5.69 Å². The number of halogens is 2. The van der Waals surface area contributed by atoms with E-state index in [4.69, 9.17) is 11.6 Å². The molecule has 0 amide bonds. The molecule has 0 saturated carbocycles. The number of aryl methyl sites for hydroxylation is 2. The van der Waals surface area contributed by atoms with Gasteiger partial charge in [0, 0.05) is 19.0 Å². The van der Waals surface area contributed by atoms with Gasteiger partial charge in [0.05, 0.1) is 15.9 Å². The van der Waals surface area contributed by atoms with Crippen LogP contribution in [0.5, 0.6) is 0 Å². The zero-order valence-electron chi connectivity index (χ0n) is 9.19. The number of nitrogens with one attached hydrogen (secondary N) is 1. The SMILES string of the molecule is CCn1nc(C)c(Br)c1CNCCCCl. The minimum atomic E-state index is 0.709. The Hall–Kier alpha value is -0.0600. The van der Waals surface area contributed by atoms with E-state index in [1.807, 2.05) is 11.6 Å². The van der Waals surface area contributed by atoms with Crippen LogP contribution in [0.1, 0.15) is 24.7 Å². The first-order valence-electron chi connectivity index (χ1n) is 5.19. The molecule has 0 aromatic carbocycles. The van der Waals surface area contributed by atoms with Gasteiger partial charge >= 0.3 is 0 Å². The molecule has 1 rings (SSSR count). The molecular weight excluding hydrogens is 277 g/mol. The standard InChI is InChI=1S/C10H17BrClN3/c1-3-15-9(7-13-6-4-5-12)10(11)8(2)14-15/h13H,3-7H2,1-2H3.